The molecule has 0 saturated carbocycles. The number of benzene rings is 2. The van der Waals surface area contributed by atoms with Gasteiger partial charge in [0.15, 0.2) is 0 Å². The molecule has 7 N–H and O–H groups in total. The van der Waals surface area contributed by atoms with Gasteiger partial charge in [0.2, 0.25) is 5.95 Å². The number of hydrogen-bond acceptors (Lipinski definition) is 8. The fourth-order valence-electron chi connectivity index (χ4n) is 3.66. The van der Waals surface area contributed by atoms with Gasteiger partial charge in [0, 0.05) is 5.56 Å². The topological polar surface area (TPSA) is 168 Å². The molecule has 0 bridgehead atoms. The average Bonchev–Trinajstić information content (AvgIpc) is 2.78. The molecular formula is C22H19ClF2N8O2. The van der Waals surface area contributed by atoms with Crippen molar-refractivity contribution in [2.24, 2.45) is 5.73 Å². The van der Waals surface area contributed by atoms with Crippen LogP contribution in [0.3, 0.4) is 0 Å². The molecule has 4 rings (SSSR count). The van der Waals surface area contributed by atoms with Crippen LogP contribution in [0.15, 0.2) is 47.3 Å². The Bertz CT molecular complexity index is 1530. The number of halogens is 3. The number of anilines is 3. The number of carbonyl (C=O) groups excluding carboxylic acids is 1. The van der Waals surface area contributed by atoms with E-state index < -0.39 is 23.9 Å². The van der Waals surface area contributed by atoms with Crippen LogP contribution in [-0.2, 0) is 0 Å². The van der Waals surface area contributed by atoms with Crippen molar-refractivity contribution in [2.75, 3.05) is 16.8 Å². The van der Waals surface area contributed by atoms with Gasteiger partial charge in [-0.25, -0.2) is 13.8 Å². The number of carbonyl (C=O) groups is 1. The average molecular weight is 501 g/mol. The van der Waals surface area contributed by atoms with Crippen LogP contribution < -0.4 is 28.1 Å². The zero-order chi connectivity index (χ0) is 25.4. The second-order valence-corrected chi connectivity index (χ2v) is 7.97. The molecule has 1 atom stereocenters. The Morgan fingerprint density at radius 1 is 1.11 bits per heavy atom. The summed E-state index contributed by atoms with van der Waals surface area (Å²) in [5.41, 5.74) is 16.2. The van der Waals surface area contributed by atoms with Gasteiger partial charge in [-0.3, -0.25) is 14.2 Å². The van der Waals surface area contributed by atoms with Crippen molar-refractivity contribution in [3.05, 3.63) is 74.8 Å². The third kappa shape index (κ3) is 4.43. The van der Waals surface area contributed by atoms with Crippen molar-refractivity contribution in [1.82, 2.24) is 19.5 Å². The maximum atomic E-state index is 13.6. The van der Waals surface area contributed by atoms with E-state index in [9.17, 15) is 18.4 Å². The molecule has 0 radical (unpaired) electrons. The van der Waals surface area contributed by atoms with Crippen molar-refractivity contribution in [3.63, 3.8) is 0 Å². The van der Waals surface area contributed by atoms with Crippen molar-refractivity contribution >= 4 is 46.0 Å². The number of nitrogens with zero attached hydrogens (tertiary/aromatic N) is 4. The molecular weight excluding hydrogens is 482 g/mol. The molecule has 0 aliphatic carbocycles. The van der Waals surface area contributed by atoms with E-state index in [0.717, 1.165) is 4.57 Å². The maximum absolute atomic E-state index is 13.6. The summed E-state index contributed by atoms with van der Waals surface area (Å²) in [4.78, 5) is 37.8. The number of hydrogen-bond donors (Lipinski definition) is 4. The predicted octanol–water partition coefficient (Wildman–Crippen LogP) is 3.20. The normalized spacial score (nSPS) is 12.1. The molecule has 0 saturated heterocycles. The van der Waals surface area contributed by atoms with Crippen LogP contribution >= 0.6 is 11.6 Å². The lowest BCUT2D eigenvalue weighted by Crippen LogP contribution is -2.28. The summed E-state index contributed by atoms with van der Waals surface area (Å²) in [6, 6.07) is 9.23. The minimum Gasteiger partial charge on any atom is -0.383 e. The molecule has 10 nitrogen and oxygen atoms in total. The highest BCUT2D eigenvalue weighted by atomic mass is 35.5. The molecule has 35 heavy (non-hydrogen) atoms. The van der Waals surface area contributed by atoms with Crippen molar-refractivity contribution < 1.29 is 13.6 Å². The van der Waals surface area contributed by atoms with E-state index in [2.05, 4.69) is 20.3 Å². The van der Waals surface area contributed by atoms with Gasteiger partial charge in [-0.15, -0.1) is 0 Å². The Hall–Kier alpha value is -4.32. The Balaban J connectivity index is 1.96. The van der Waals surface area contributed by atoms with Crippen LogP contribution in [0.5, 0.6) is 0 Å². The predicted molar refractivity (Wildman–Crippen MR) is 129 cm³/mol. The van der Waals surface area contributed by atoms with Crippen molar-refractivity contribution in [3.8, 4) is 5.69 Å². The summed E-state index contributed by atoms with van der Waals surface area (Å²) in [7, 11) is 0. The lowest BCUT2D eigenvalue weighted by atomic mass is 10.1. The Kier molecular flexibility index (Phi) is 6.22. The van der Waals surface area contributed by atoms with E-state index in [1.807, 2.05) is 0 Å². The Morgan fingerprint density at radius 2 is 1.83 bits per heavy atom. The van der Waals surface area contributed by atoms with E-state index in [-0.39, 0.29) is 56.1 Å². The van der Waals surface area contributed by atoms with E-state index in [4.69, 9.17) is 28.8 Å². The van der Waals surface area contributed by atoms with Crippen molar-refractivity contribution in [2.45, 2.75) is 19.4 Å². The minimum absolute atomic E-state index is 0.0803. The molecule has 2 aromatic carbocycles. The highest BCUT2D eigenvalue weighted by Crippen LogP contribution is 2.28. The molecule has 180 valence electrons. The van der Waals surface area contributed by atoms with Gasteiger partial charge in [0.1, 0.15) is 23.0 Å². The molecule has 0 aliphatic heterocycles. The quantitative estimate of drug-likeness (QED) is 0.313. The van der Waals surface area contributed by atoms with E-state index in [1.165, 1.54) is 30.3 Å². The van der Waals surface area contributed by atoms with Gasteiger partial charge < -0.3 is 22.5 Å². The fourth-order valence-corrected chi connectivity index (χ4v) is 3.91. The lowest BCUT2D eigenvalue weighted by Gasteiger charge is -2.21. The van der Waals surface area contributed by atoms with Crippen LogP contribution in [0.4, 0.5) is 26.4 Å². The molecule has 2 aromatic heterocycles. The first-order valence-electron chi connectivity index (χ1n) is 10.2. The number of alkyl halides is 2. The van der Waals surface area contributed by atoms with Crippen LogP contribution in [0.25, 0.3) is 16.6 Å². The second-order valence-electron chi connectivity index (χ2n) is 7.56. The maximum Gasteiger partial charge on any atom is 0.267 e. The lowest BCUT2D eigenvalue weighted by molar-refractivity contribution is 0.100. The van der Waals surface area contributed by atoms with Gasteiger partial charge in [0.25, 0.3) is 17.9 Å². The number of nitrogens with one attached hydrogen (secondary N) is 1. The number of amides is 1. The standard InChI is InChI=1S/C22H19ClF2N8O2/c1-9(29-19-15(18(27)34)17(26)31-22(28)32-19)20-30-13-7-3-6-12(23)14(13)21(35)33(20)11-5-2-4-10(8-11)16(24)25/h2-9,16H,1H3,(H2,27,34)(H5,26,28,29,31,32). The molecule has 4 aromatic rings. The third-order valence-electron chi connectivity index (χ3n) is 5.19. The van der Waals surface area contributed by atoms with E-state index in [1.54, 1.807) is 19.1 Å². The number of primary amides is 1. The molecule has 1 unspecified atom stereocenters. The van der Waals surface area contributed by atoms with Gasteiger partial charge in [-0.1, -0.05) is 29.8 Å². The SMILES string of the molecule is CC(Nc1nc(N)nc(N)c1C(N)=O)c1nc2cccc(Cl)c2c(=O)n1-c1cccc(C(F)F)c1. The molecule has 0 spiro atoms. The Labute approximate surface area is 201 Å². The highest BCUT2D eigenvalue weighted by molar-refractivity contribution is 6.35. The summed E-state index contributed by atoms with van der Waals surface area (Å²) in [5, 5.41) is 3.19. The third-order valence-corrected chi connectivity index (χ3v) is 5.51. The van der Waals surface area contributed by atoms with Crippen molar-refractivity contribution in [1.29, 1.82) is 0 Å². The Morgan fingerprint density at radius 3 is 2.51 bits per heavy atom. The van der Waals surface area contributed by atoms with E-state index >= 15 is 0 Å². The second kappa shape index (κ2) is 9.14. The summed E-state index contributed by atoms with van der Waals surface area (Å²) < 4.78 is 28.0. The molecule has 0 aliphatic rings. The summed E-state index contributed by atoms with van der Waals surface area (Å²) >= 11 is 6.27. The largest absolute Gasteiger partial charge is 0.383 e. The molecule has 1 amide bonds. The number of rotatable bonds is 6. The smallest absolute Gasteiger partial charge is 0.267 e. The number of nitrogens with two attached hydrogens (primary N) is 3. The van der Waals surface area contributed by atoms with E-state index in [0.29, 0.717) is 0 Å². The zero-order valence-electron chi connectivity index (χ0n) is 18.2. The summed E-state index contributed by atoms with van der Waals surface area (Å²) in [5.74, 6) is -1.33. The first-order valence-corrected chi connectivity index (χ1v) is 10.5. The summed E-state index contributed by atoms with van der Waals surface area (Å²) in [6.07, 6.45) is -2.76. The number of aromatic nitrogens is 4. The fraction of sp³-hybridized carbons (Fsp3) is 0.136. The molecule has 13 heteroatoms. The number of fused-ring (bicyclic) bond motifs is 1. The minimum atomic E-state index is -2.76. The van der Waals surface area contributed by atoms with Gasteiger partial charge in [0.05, 0.1) is 27.7 Å². The first-order chi connectivity index (χ1) is 16.6. The van der Waals surface area contributed by atoms with Gasteiger partial charge in [-0.05, 0) is 31.2 Å². The molecule has 0 fully saturated rings. The van der Waals surface area contributed by atoms with Gasteiger partial charge in [-0.2, -0.15) is 9.97 Å². The van der Waals surface area contributed by atoms with Crippen LogP contribution in [0.2, 0.25) is 5.02 Å². The zero-order valence-corrected chi connectivity index (χ0v) is 18.9. The number of nitrogen functional groups attached to an aromatic ring is 2. The summed E-state index contributed by atoms with van der Waals surface area (Å²) in [6.45, 7) is 1.62. The highest BCUT2D eigenvalue weighted by Gasteiger charge is 2.23. The monoisotopic (exact) mass is 500 g/mol. The van der Waals surface area contributed by atoms with Crippen LogP contribution in [0, 0.1) is 0 Å². The van der Waals surface area contributed by atoms with Crippen LogP contribution in [0.1, 0.15) is 41.1 Å². The first kappa shape index (κ1) is 23.8. The van der Waals surface area contributed by atoms with Gasteiger partial charge >= 0.3 is 0 Å². The van der Waals surface area contributed by atoms with Crippen LogP contribution in [-0.4, -0.2) is 25.4 Å². The molecule has 2 heterocycles.